The molecule has 3 nitrogen and oxygen atoms in total. The summed E-state index contributed by atoms with van der Waals surface area (Å²) in [5, 5.41) is 3.03. The van der Waals surface area contributed by atoms with Crippen LogP contribution in [0.2, 0.25) is 0 Å². The number of carbonyl (C=O) groups excluding carboxylic acids is 1. The highest BCUT2D eigenvalue weighted by Crippen LogP contribution is 2.30. The first kappa shape index (κ1) is 16.2. The SMILES string of the molecule is CCCN(CC1CC1)C(=O)Cc1csc(-c2cccc(C)c2)n1. The maximum Gasteiger partial charge on any atom is 0.228 e. The number of hydrogen-bond acceptors (Lipinski definition) is 3. The van der Waals surface area contributed by atoms with Crippen molar-refractivity contribution < 1.29 is 4.79 Å². The standard InChI is InChI=1S/C19H24N2OS/c1-3-9-21(12-15-7-8-15)18(22)11-17-13-23-19(20-17)16-6-4-5-14(2)10-16/h4-6,10,13,15H,3,7-9,11-12H2,1-2H3. The van der Waals surface area contributed by atoms with Gasteiger partial charge < -0.3 is 4.90 Å². The average molecular weight is 328 g/mol. The summed E-state index contributed by atoms with van der Waals surface area (Å²) in [4.78, 5) is 19.3. The quantitative estimate of drug-likeness (QED) is 0.759. The van der Waals surface area contributed by atoms with Gasteiger partial charge in [0, 0.05) is 24.0 Å². The van der Waals surface area contributed by atoms with E-state index in [0.717, 1.165) is 41.7 Å². The van der Waals surface area contributed by atoms with Crippen LogP contribution in [0.1, 0.15) is 37.4 Å². The Kier molecular flexibility index (Phi) is 5.11. The molecule has 1 saturated carbocycles. The third-order valence-electron chi connectivity index (χ3n) is 4.17. The molecule has 3 rings (SSSR count). The molecule has 4 heteroatoms. The van der Waals surface area contributed by atoms with Crippen LogP contribution in [0.15, 0.2) is 29.6 Å². The number of rotatable bonds is 7. The number of nitrogens with zero attached hydrogens (tertiary/aromatic N) is 2. The first-order valence-electron chi connectivity index (χ1n) is 8.45. The van der Waals surface area contributed by atoms with Crippen molar-refractivity contribution in [1.29, 1.82) is 0 Å². The van der Waals surface area contributed by atoms with Crippen molar-refractivity contribution in [2.24, 2.45) is 5.92 Å². The van der Waals surface area contributed by atoms with Gasteiger partial charge in [0.05, 0.1) is 12.1 Å². The second kappa shape index (κ2) is 7.26. The second-order valence-electron chi connectivity index (χ2n) is 6.47. The van der Waals surface area contributed by atoms with E-state index < -0.39 is 0 Å². The van der Waals surface area contributed by atoms with Crippen LogP contribution < -0.4 is 0 Å². The zero-order valence-electron chi connectivity index (χ0n) is 13.9. The monoisotopic (exact) mass is 328 g/mol. The van der Waals surface area contributed by atoms with Crippen LogP contribution in [-0.4, -0.2) is 28.9 Å². The van der Waals surface area contributed by atoms with E-state index in [2.05, 4.69) is 43.1 Å². The molecule has 1 amide bonds. The minimum absolute atomic E-state index is 0.222. The predicted octanol–water partition coefficient (Wildman–Crippen LogP) is 4.31. The predicted molar refractivity (Wildman–Crippen MR) is 95.6 cm³/mol. The van der Waals surface area contributed by atoms with E-state index in [-0.39, 0.29) is 5.91 Å². The molecule has 1 fully saturated rings. The summed E-state index contributed by atoms with van der Waals surface area (Å²) in [6, 6.07) is 8.35. The Bertz CT molecular complexity index is 676. The van der Waals surface area contributed by atoms with Gasteiger partial charge in [0.2, 0.25) is 5.91 Å². The average Bonchev–Trinajstić information content (AvgIpc) is 3.23. The molecule has 0 N–H and O–H groups in total. The lowest BCUT2D eigenvalue weighted by Gasteiger charge is -2.21. The summed E-state index contributed by atoms with van der Waals surface area (Å²) in [6.45, 7) is 6.01. The molecule has 1 aliphatic carbocycles. The van der Waals surface area contributed by atoms with Gasteiger partial charge in [0.15, 0.2) is 0 Å². The molecule has 0 radical (unpaired) electrons. The van der Waals surface area contributed by atoms with Gasteiger partial charge in [-0.1, -0.05) is 30.7 Å². The van der Waals surface area contributed by atoms with Crippen molar-refractivity contribution in [2.75, 3.05) is 13.1 Å². The number of amides is 1. The number of hydrogen-bond donors (Lipinski definition) is 0. The van der Waals surface area contributed by atoms with Gasteiger partial charge in [0.1, 0.15) is 5.01 Å². The molecule has 1 aromatic carbocycles. The van der Waals surface area contributed by atoms with Crippen molar-refractivity contribution in [1.82, 2.24) is 9.88 Å². The Labute approximate surface area is 142 Å². The second-order valence-corrected chi connectivity index (χ2v) is 7.33. The van der Waals surface area contributed by atoms with Crippen LogP contribution in [0, 0.1) is 12.8 Å². The first-order chi connectivity index (χ1) is 11.2. The van der Waals surface area contributed by atoms with Gasteiger partial charge in [0.25, 0.3) is 0 Å². The highest BCUT2D eigenvalue weighted by molar-refractivity contribution is 7.13. The fourth-order valence-corrected chi connectivity index (χ4v) is 3.58. The van der Waals surface area contributed by atoms with Crippen LogP contribution >= 0.6 is 11.3 Å². The number of benzene rings is 1. The van der Waals surface area contributed by atoms with Crippen LogP contribution in [0.4, 0.5) is 0 Å². The van der Waals surface area contributed by atoms with E-state index in [1.54, 1.807) is 11.3 Å². The molecular weight excluding hydrogens is 304 g/mol. The normalized spacial score (nSPS) is 14.0. The lowest BCUT2D eigenvalue weighted by Crippen LogP contribution is -2.34. The topological polar surface area (TPSA) is 33.2 Å². The van der Waals surface area contributed by atoms with E-state index in [0.29, 0.717) is 6.42 Å². The molecule has 0 saturated heterocycles. The van der Waals surface area contributed by atoms with Crippen molar-refractivity contribution in [3.8, 4) is 10.6 Å². The summed E-state index contributed by atoms with van der Waals surface area (Å²) in [6.07, 6.45) is 4.00. The third kappa shape index (κ3) is 4.41. The maximum atomic E-state index is 12.6. The molecule has 122 valence electrons. The zero-order chi connectivity index (χ0) is 16.2. The molecule has 2 aromatic rings. The summed E-state index contributed by atoms with van der Waals surface area (Å²) in [5.41, 5.74) is 3.26. The summed E-state index contributed by atoms with van der Waals surface area (Å²) in [5.74, 6) is 0.962. The molecule has 1 heterocycles. The van der Waals surface area contributed by atoms with Gasteiger partial charge >= 0.3 is 0 Å². The molecule has 0 aliphatic heterocycles. The number of thiazole rings is 1. The maximum absolute atomic E-state index is 12.6. The van der Waals surface area contributed by atoms with Crippen molar-refractivity contribution in [3.63, 3.8) is 0 Å². The molecule has 0 spiro atoms. The Morgan fingerprint density at radius 3 is 2.91 bits per heavy atom. The lowest BCUT2D eigenvalue weighted by atomic mass is 10.1. The minimum atomic E-state index is 0.222. The van der Waals surface area contributed by atoms with Gasteiger partial charge in [-0.25, -0.2) is 4.98 Å². The largest absolute Gasteiger partial charge is 0.342 e. The van der Waals surface area contributed by atoms with Crippen molar-refractivity contribution >= 4 is 17.2 Å². The van der Waals surface area contributed by atoms with Gasteiger partial charge in [-0.2, -0.15) is 0 Å². The molecule has 1 aromatic heterocycles. The van der Waals surface area contributed by atoms with Crippen molar-refractivity contribution in [3.05, 3.63) is 40.9 Å². The summed E-state index contributed by atoms with van der Waals surface area (Å²) >= 11 is 1.62. The van der Waals surface area contributed by atoms with E-state index in [1.807, 2.05) is 10.3 Å². The van der Waals surface area contributed by atoms with Gasteiger partial charge in [-0.05, 0) is 38.2 Å². The number of aryl methyl sites for hydroxylation is 1. The third-order valence-corrected chi connectivity index (χ3v) is 5.11. The van der Waals surface area contributed by atoms with Gasteiger partial charge in [-0.15, -0.1) is 11.3 Å². The Hall–Kier alpha value is -1.68. The smallest absolute Gasteiger partial charge is 0.228 e. The summed E-state index contributed by atoms with van der Waals surface area (Å²) in [7, 11) is 0. The Morgan fingerprint density at radius 1 is 1.39 bits per heavy atom. The lowest BCUT2D eigenvalue weighted by molar-refractivity contribution is -0.130. The molecule has 1 aliphatic rings. The van der Waals surface area contributed by atoms with Gasteiger partial charge in [-0.3, -0.25) is 4.79 Å². The van der Waals surface area contributed by atoms with E-state index in [9.17, 15) is 4.79 Å². The summed E-state index contributed by atoms with van der Waals surface area (Å²) < 4.78 is 0. The Balaban J connectivity index is 1.66. The highest BCUT2D eigenvalue weighted by Gasteiger charge is 2.26. The zero-order valence-corrected chi connectivity index (χ0v) is 14.7. The van der Waals surface area contributed by atoms with Crippen LogP contribution in [0.25, 0.3) is 10.6 Å². The number of aromatic nitrogens is 1. The fraction of sp³-hybridized carbons (Fsp3) is 0.474. The van der Waals surface area contributed by atoms with Crippen LogP contribution in [0.3, 0.4) is 0 Å². The minimum Gasteiger partial charge on any atom is -0.342 e. The molecule has 23 heavy (non-hydrogen) atoms. The van der Waals surface area contributed by atoms with Crippen LogP contribution in [-0.2, 0) is 11.2 Å². The fourth-order valence-electron chi connectivity index (χ4n) is 2.77. The van der Waals surface area contributed by atoms with E-state index in [4.69, 9.17) is 0 Å². The van der Waals surface area contributed by atoms with Crippen LogP contribution in [0.5, 0.6) is 0 Å². The van der Waals surface area contributed by atoms with E-state index >= 15 is 0 Å². The molecule has 0 unspecified atom stereocenters. The van der Waals surface area contributed by atoms with Crippen molar-refractivity contribution in [2.45, 2.75) is 39.5 Å². The molecule has 0 bridgehead atoms. The van der Waals surface area contributed by atoms with E-state index in [1.165, 1.54) is 18.4 Å². The highest BCUT2D eigenvalue weighted by atomic mass is 32.1. The number of carbonyl (C=O) groups is 1. The molecular formula is C19H24N2OS. The first-order valence-corrected chi connectivity index (χ1v) is 9.33. The Morgan fingerprint density at radius 2 is 2.22 bits per heavy atom. The molecule has 0 atom stereocenters.